The largest absolute Gasteiger partial charge is 0.477 e. The van der Waals surface area contributed by atoms with Gasteiger partial charge in [-0.2, -0.15) is 4.98 Å². The van der Waals surface area contributed by atoms with E-state index in [1.165, 1.54) is 0 Å². The summed E-state index contributed by atoms with van der Waals surface area (Å²) < 4.78 is 5.67. The van der Waals surface area contributed by atoms with Gasteiger partial charge in [-0.3, -0.25) is 0 Å². The van der Waals surface area contributed by atoms with Gasteiger partial charge in [-0.15, -0.1) is 0 Å². The maximum atomic E-state index is 5.67. The third kappa shape index (κ3) is 3.88. The molecule has 1 N–H and O–H groups in total. The molecule has 0 radical (unpaired) electrons. The smallest absolute Gasteiger partial charge is 0.221 e. The molecule has 1 aromatic heterocycles. The lowest BCUT2D eigenvalue weighted by atomic mass is 10.2. The molecule has 0 aromatic carbocycles. The average Bonchev–Trinajstić information content (AvgIpc) is 2.32. The van der Waals surface area contributed by atoms with Crippen molar-refractivity contribution in [1.82, 2.24) is 9.97 Å². The minimum atomic E-state index is 0.703. The van der Waals surface area contributed by atoms with Gasteiger partial charge in [-0.1, -0.05) is 13.8 Å². The van der Waals surface area contributed by atoms with Crippen LogP contribution in [0.4, 0.5) is 5.82 Å². The van der Waals surface area contributed by atoms with Crippen LogP contribution in [0.1, 0.15) is 45.0 Å². The van der Waals surface area contributed by atoms with E-state index in [1.54, 1.807) is 0 Å². The van der Waals surface area contributed by atoms with Crippen LogP contribution in [0.25, 0.3) is 0 Å². The van der Waals surface area contributed by atoms with E-state index < -0.39 is 0 Å². The third-order valence-corrected chi connectivity index (χ3v) is 2.41. The van der Waals surface area contributed by atoms with Crippen molar-refractivity contribution in [2.75, 3.05) is 18.5 Å². The van der Waals surface area contributed by atoms with Gasteiger partial charge in [0.05, 0.1) is 12.2 Å². The van der Waals surface area contributed by atoms with Gasteiger partial charge in [0.15, 0.2) is 0 Å². The Morgan fingerprint density at radius 3 is 2.47 bits per heavy atom. The van der Waals surface area contributed by atoms with Crippen molar-refractivity contribution in [2.45, 2.75) is 47.0 Å². The van der Waals surface area contributed by atoms with Crippen LogP contribution in [-0.4, -0.2) is 23.1 Å². The molecule has 0 atom stereocenters. The van der Waals surface area contributed by atoms with E-state index in [4.69, 9.17) is 4.74 Å². The van der Waals surface area contributed by atoms with Crippen molar-refractivity contribution in [2.24, 2.45) is 0 Å². The zero-order valence-corrected chi connectivity index (χ0v) is 11.3. The Labute approximate surface area is 104 Å². The molecular formula is C13H23N3O. The van der Waals surface area contributed by atoms with Crippen molar-refractivity contribution < 1.29 is 4.74 Å². The van der Waals surface area contributed by atoms with E-state index in [-0.39, 0.29) is 0 Å². The summed E-state index contributed by atoms with van der Waals surface area (Å²) >= 11 is 0. The monoisotopic (exact) mass is 237 g/mol. The zero-order chi connectivity index (χ0) is 12.7. The first-order chi connectivity index (χ1) is 8.22. The first-order valence-electron chi connectivity index (χ1n) is 6.47. The van der Waals surface area contributed by atoms with Crippen molar-refractivity contribution in [3.8, 4) is 5.88 Å². The van der Waals surface area contributed by atoms with Gasteiger partial charge in [-0.25, -0.2) is 4.98 Å². The van der Waals surface area contributed by atoms with Crippen molar-refractivity contribution in [1.29, 1.82) is 0 Å². The van der Waals surface area contributed by atoms with Crippen LogP contribution >= 0.6 is 0 Å². The van der Waals surface area contributed by atoms with Crippen molar-refractivity contribution in [3.63, 3.8) is 0 Å². The molecule has 0 aliphatic heterocycles. The Morgan fingerprint density at radius 1 is 1.12 bits per heavy atom. The maximum absolute atomic E-state index is 5.67. The number of aryl methyl sites for hydroxylation is 1. The topological polar surface area (TPSA) is 47.0 Å². The third-order valence-electron chi connectivity index (χ3n) is 2.41. The molecule has 4 heteroatoms. The van der Waals surface area contributed by atoms with Gasteiger partial charge < -0.3 is 10.1 Å². The number of nitrogens with zero attached hydrogens (tertiary/aromatic N) is 2. The number of hydrogen-bond donors (Lipinski definition) is 1. The molecule has 0 saturated carbocycles. The Bertz CT molecular complexity index is 353. The molecule has 0 aliphatic rings. The number of anilines is 1. The van der Waals surface area contributed by atoms with Crippen molar-refractivity contribution >= 4 is 5.82 Å². The SMILES string of the molecule is CCCOc1nc(CCC)nc(NCC)c1C. The summed E-state index contributed by atoms with van der Waals surface area (Å²) in [5, 5.41) is 3.26. The summed E-state index contributed by atoms with van der Waals surface area (Å²) in [6.45, 7) is 9.84. The molecule has 96 valence electrons. The lowest BCUT2D eigenvalue weighted by Gasteiger charge is -2.13. The molecule has 4 nitrogen and oxygen atoms in total. The van der Waals surface area contributed by atoms with E-state index >= 15 is 0 Å². The second kappa shape index (κ2) is 7.09. The van der Waals surface area contributed by atoms with Crippen LogP contribution in [0.15, 0.2) is 0 Å². The molecule has 0 saturated heterocycles. The Kier molecular flexibility index (Phi) is 5.73. The van der Waals surface area contributed by atoms with Gasteiger partial charge in [0.1, 0.15) is 11.6 Å². The predicted molar refractivity (Wildman–Crippen MR) is 70.7 cm³/mol. The van der Waals surface area contributed by atoms with Gasteiger partial charge >= 0.3 is 0 Å². The molecule has 0 spiro atoms. The first kappa shape index (κ1) is 13.7. The summed E-state index contributed by atoms with van der Waals surface area (Å²) in [5.74, 6) is 2.48. The molecule has 0 fully saturated rings. The molecule has 0 amide bonds. The highest BCUT2D eigenvalue weighted by Crippen LogP contribution is 2.22. The van der Waals surface area contributed by atoms with Gasteiger partial charge in [0, 0.05) is 13.0 Å². The molecule has 1 aromatic rings. The predicted octanol–water partition coefficient (Wildman–Crippen LogP) is 2.96. The highest BCUT2D eigenvalue weighted by molar-refractivity contribution is 5.48. The number of hydrogen-bond acceptors (Lipinski definition) is 4. The van der Waals surface area contributed by atoms with Crippen LogP contribution in [0.2, 0.25) is 0 Å². The molecule has 1 heterocycles. The van der Waals surface area contributed by atoms with Crippen LogP contribution in [0, 0.1) is 6.92 Å². The molecule has 0 unspecified atom stereocenters. The van der Waals surface area contributed by atoms with Crippen molar-refractivity contribution in [3.05, 3.63) is 11.4 Å². The summed E-state index contributed by atoms with van der Waals surface area (Å²) in [5.41, 5.74) is 1.00. The summed E-state index contributed by atoms with van der Waals surface area (Å²) in [6.07, 6.45) is 2.92. The first-order valence-corrected chi connectivity index (χ1v) is 6.47. The number of aromatic nitrogens is 2. The van der Waals surface area contributed by atoms with Crippen LogP contribution in [0.5, 0.6) is 5.88 Å². The average molecular weight is 237 g/mol. The minimum absolute atomic E-state index is 0.703. The molecule has 0 aliphatic carbocycles. The summed E-state index contributed by atoms with van der Waals surface area (Å²) in [6, 6.07) is 0. The Hall–Kier alpha value is -1.32. The van der Waals surface area contributed by atoms with E-state index in [0.29, 0.717) is 6.61 Å². The lowest BCUT2D eigenvalue weighted by molar-refractivity contribution is 0.301. The minimum Gasteiger partial charge on any atom is -0.477 e. The summed E-state index contributed by atoms with van der Waals surface area (Å²) in [4.78, 5) is 8.99. The highest BCUT2D eigenvalue weighted by Gasteiger charge is 2.10. The molecular weight excluding hydrogens is 214 g/mol. The zero-order valence-electron chi connectivity index (χ0n) is 11.3. The van der Waals surface area contributed by atoms with Gasteiger partial charge in [0.2, 0.25) is 5.88 Å². The fourth-order valence-corrected chi connectivity index (χ4v) is 1.55. The van der Waals surface area contributed by atoms with E-state index in [2.05, 4.69) is 36.1 Å². The van der Waals surface area contributed by atoms with E-state index in [0.717, 1.165) is 48.9 Å². The van der Waals surface area contributed by atoms with Crippen LogP contribution in [-0.2, 0) is 6.42 Å². The number of ether oxygens (including phenoxy) is 1. The highest BCUT2D eigenvalue weighted by atomic mass is 16.5. The second-order valence-electron chi connectivity index (χ2n) is 4.05. The number of rotatable bonds is 7. The fourth-order valence-electron chi connectivity index (χ4n) is 1.55. The van der Waals surface area contributed by atoms with Crippen LogP contribution < -0.4 is 10.1 Å². The van der Waals surface area contributed by atoms with Crippen LogP contribution in [0.3, 0.4) is 0 Å². The summed E-state index contributed by atoms with van der Waals surface area (Å²) in [7, 11) is 0. The Morgan fingerprint density at radius 2 is 1.88 bits per heavy atom. The second-order valence-corrected chi connectivity index (χ2v) is 4.05. The van der Waals surface area contributed by atoms with E-state index in [9.17, 15) is 0 Å². The molecule has 1 rings (SSSR count). The Balaban J connectivity index is 2.99. The molecule has 17 heavy (non-hydrogen) atoms. The fraction of sp³-hybridized carbons (Fsp3) is 0.692. The normalized spacial score (nSPS) is 10.4. The quantitative estimate of drug-likeness (QED) is 0.792. The number of nitrogens with one attached hydrogen (secondary N) is 1. The standard InChI is InChI=1S/C13H23N3O/c1-5-8-11-15-12(14-7-3)10(4)13(16-11)17-9-6-2/h5-9H2,1-4H3,(H,14,15,16). The van der Waals surface area contributed by atoms with Gasteiger partial charge in [-0.05, 0) is 26.7 Å². The van der Waals surface area contributed by atoms with E-state index in [1.807, 2.05) is 6.92 Å². The van der Waals surface area contributed by atoms with Gasteiger partial charge in [0.25, 0.3) is 0 Å². The lowest BCUT2D eigenvalue weighted by Crippen LogP contribution is -2.09. The molecule has 0 bridgehead atoms. The maximum Gasteiger partial charge on any atom is 0.221 e.